The van der Waals surface area contributed by atoms with Crippen LogP contribution in [0.1, 0.15) is 32.8 Å². The van der Waals surface area contributed by atoms with Crippen LogP contribution in [0, 0.1) is 11.7 Å². The van der Waals surface area contributed by atoms with E-state index >= 15 is 0 Å². The second kappa shape index (κ2) is 6.50. The van der Waals surface area contributed by atoms with E-state index in [1.807, 2.05) is 6.92 Å². The van der Waals surface area contributed by atoms with Crippen molar-refractivity contribution in [1.29, 1.82) is 0 Å². The van der Waals surface area contributed by atoms with Crippen molar-refractivity contribution in [3.8, 4) is 0 Å². The third-order valence-corrected chi connectivity index (χ3v) is 2.99. The predicted octanol–water partition coefficient (Wildman–Crippen LogP) is 2.37. The van der Waals surface area contributed by atoms with Crippen molar-refractivity contribution >= 4 is 11.9 Å². The number of carbonyl (C=O) groups excluding carboxylic acids is 1. The van der Waals surface area contributed by atoms with Crippen molar-refractivity contribution in [2.24, 2.45) is 5.92 Å². The Kier molecular flexibility index (Phi) is 5.25. The molecule has 0 aliphatic rings. The topological polar surface area (TPSA) is 66.4 Å². The summed E-state index contributed by atoms with van der Waals surface area (Å²) in [6.07, 6.45) is 0.770. The summed E-state index contributed by atoms with van der Waals surface area (Å²) in [5.74, 6) is -1.70. The molecule has 0 aromatic heterocycles. The lowest BCUT2D eigenvalue weighted by Gasteiger charge is -2.22. The first-order valence-electron chi connectivity index (χ1n) is 6.49. The fourth-order valence-electron chi connectivity index (χ4n) is 1.91. The van der Waals surface area contributed by atoms with Gasteiger partial charge in [-0.15, -0.1) is 0 Å². The van der Waals surface area contributed by atoms with E-state index in [1.54, 1.807) is 12.1 Å². The zero-order valence-electron chi connectivity index (χ0n) is 11.9. The minimum absolute atomic E-state index is 0.00129. The summed E-state index contributed by atoms with van der Waals surface area (Å²) in [5, 5.41) is 11.4. The molecule has 0 spiro atoms. The van der Waals surface area contributed by atoms with E-state index < -0.39 is 11.5 Å². The van der Waals surface area contributed by atoms with Gasteiger partial charge in [-0.25, -0.2) is 9.18 Å². The highest BCUT2D eigenvalue weighted by Crippen LogP contribution is 2.14. The molecule has 4 nitrogen and oxygen atoms in total. The molecule has 20 heavy (non-hydrogen) atoms. The van der Waals surface area contributed by atoms with E-state index in [9.17, 15) is 14.0 Å². The molecule has 110 valence electrons. The molecule has 1 amide bonds. The Morgan fingerprint density at radius 3 is 2.60 bits per heavy atom. The fraction of sp³-hybridized carbons (Fsp3) is 0.467. The highest BCUT2D eigenvalue weighted by molar-refractivity contribution is 5.86. The zero-order chi connectivity index (χ0) is 15.3. The van der Waals surface area contributed by atoms with Crippen molar-refractivity contribution in [3.63, 3.8) is 0 Å². The van der Waals surface area contributed by atoms with Gasteiger partial charge < -0.3 is 10.4 Å². The lowest BCUT2D eigenvalue weighted by molar-refractivity contribution is -0.146. The molecule has 1 aromatic rings. The zero-order valence-corrected chi connectivity index (χ0v) is 11.9. The summed E-state index contributed by atoms with van der Waals surface area (Å²) in [6, 6.07) is 6.25. The first kappa shape index (κ1) is 16.1. The van der Waals surface area contributed by atoms with Crippen LogP contribution in [0.5, 0.6) is 0 Å². The maximum atomic E-state index is 13.0. The van der Waals surface area contributed by atoms with E-state index in [0.29, 0.717) is 6.42 Å². The van der Waals surface area contributed by atoms with Crippen molar-refractivity contribution in [3.05, 3.63) is 35.6 Å². The molecular weight excluding hydrogens is 261 g/mol. The third kappa shape index (κ3) is 4.99. The average Bonchev–Trinajstić information content (AvgIpc) is 2.26. The van der Waals surface area contributed by atoms with Crippen LogP contribution in [0.2, 0.25) is 0 Å². The molecule has 0 saturated carbocycles. The Bertz CT molecular complexity index is 500. The molecule has 2 N–H and O–H groups in total. The second-order valence-electron chi connectivity index (χ2n) is 5.62. The smallest absolute Gasteiger partial charge is 0.328 e. The lowest BCUT2D eigenvalue weighted by Crippen LogP contribution is -2.50. The minimum Gasteiger partial charge on any atom is -0.480 e. The fourth-order valence-corrected chi connectivity index (χ4v) is 1.91. The Morgan fingerprint density at radius 2 is 2.05 bits per heavy atom. The molecule has 5 heteroatoms. The van der Waals surface area contributed by atoms with Gasteiger partial charge in [-0.2, -0.15) is 0 Å². The maximum absolute atomic E-state index is 13.0. The largest absolute Gasteiger partial charge is 0.480 e. The van der Waals surface area contributed by atoms with Gasteiger partial charge in [0.2, 0.25) is 5.91 Å². The molecule has 1 atom stereocenters. The summed E-state index contributed by atoms with van der Waals surface area (Å²) in [4.78, 5) is 22.7. The second-order valence-corrected chi connectivity index (χ2v) is 5.62. The van der Waals surface area contributed by atoms with Gasteiger partial charge in [-0.05, 0) is 43.9 Å². The maximum Gasteiger partial charge on any atom is 0.328 e. The van der Waals surface area contributed by atoms with E-state index in [4.69, 9.17) is 5.11 Å². The molecule has 0 unspecified atom stereocenters. The number of carboxylic acid groups (broad SMARTS) is 1. The summed E-state index contributed by atoms with van der Waals surface area (Å²) in [7, 11) is 0. The monoisotopic (exact) mass is 281 g/mol. The number of halogens is 1. The van der Waals surface area contributed by atoms with Crippen LogP contribution in [0.25, 0.3) is 0 Å². The quantitative estimate of drug-likeness (QED) is 0.841. The van der Waals surface area contributed by atoms with Crippen LogP contribution < -0.4 is 5.32 Å². The van der Waals surface area contributed by atoms with Gasteiger partial charge in [0.1, 0.15) is 11.4 Å². The third-order valence-electron chi connectivity index (χ3n) is 2.99. The van der Waals surface area contributed by atoms with Crippen LogP contribution in [-0.4, -0.2) is 22.5 Å². The first-order valence-corrected chi connectivity index (χ1v) is 6.49. The van der Waals surface area contributed by atoms with Crippen molar-refractivity contribution in [2.45, 2.75) is 39.2 Å². The first-order chi connectivity index (χ1) is 9.20. The minimum atomic E-state index is -1.28. The molecule has 1 aromatic carbocycles. The van der Waals surface area contributed by atoms with Gasteiger partial charge in [-0.3, -0.25) is 4.79 Å². The average molecular weight is 281 g/mol. The highest BCUT2D eigenvalue weighted by atomic mass is 19.1. The van der Waals surface area contributed by atoms with E-state index in [1.165, 1.54) is 26.0 Å². The molecule has 0 bridgehead atoms. The molecule has 0 heterocycles. The van der Waals surface area contributed by atoms with Crippen LogP contribution in [0.3, 0.4) is 0 Å². The SMILES string of the molecule is C[C@H](CC(=O)NC(C)(C)C(=O)O)Cc1cccc(F)c1. The Balaban J connectivity index is 2.52. The van der Waals surface area contributed by atoms with Crippen molar-refractivity contribution < 1.29 is 19.1 Å². The molecule has 0 radical (unpaired) electrons. The van der Waals surface area contributed by atoms with Crippen molar-refractivity contribution in [1.82, 2.24) is 5.32 Å². The van der Waals surface area contributed by atoms with Crippen LogP contribution in [0.4, 0.5) is 4.39 Å². The van der Waals surface area contributed by atoms with E-state index in [-0.39, 0.29) is 24.1 Å². The van der Waals surface area contributed by atoms with Gasteiger partial charge >= 0.3 is 5.97 Å². The van der Waals surface area contributed by atoms with Gasteiger partial charge in [0.25, 0.3) is 0 Å². The number of carboxylic acids is 1. The number of nitrogens with one attached hydrogen (secondary N) is 1. The standard InChI is InChI=1S/C15H20FNO3/c1-10(7-11-5-4-6-12(16)9-11)8-13(18)17-15(2,3)14(19)20/h4-6,9-10H,7-8H2,1-3H3,(H,17,18)(H,19,20)/t10-/m0/s1. The van der Waals surface area contributed by atoms with E-state index in [0.717, 1.165) is 5.56 Å². The Labute approximate surface area is 118 Å². The number of amides is 1. The Morgan fingerprint density at radius 1 is 1.40 bits per heavy atom. The summed E-state index contributed by atoms with van der Waals surface area (Å²) in [5.41, 5.74) is -0.460. The number of hydrogen-bond acceptors (Lipinski definition) is 2. The molecule has 0 aliphatic carbocycles. The number of hydrogen-bond donors (Lipinski definition) is 2. The molecular formula is C15H20FNO3. The van der Waals surface area contributed by atoms with Gasteiger partial charge in [-0.1, -0.05) is 19.1 Å². The normalized spacial score (nSPS) is 12.8. The number of carbonyl (C=O) groups is 2. The van der Waals surface area contributed by atoms with Crippen LogP contribution in [0.15, 0.2) is 24.3 Å². The number of aliphatic carboxylic acids is 1. The van der Waals surface area contributed by atoms with Gasteiger partial charge in [0.05, 0.1) is 0 Å². The highest BCUT2D eigenvalue weighted by Gasteiger charge is 2.29. The summed E-state index contributed by atoms with van der Waals surface area (Å²) < 4.78 is 13.0. The summed E-state index contributed by atoms with van der Waals surface area (Å²) >= 11 is 0. The van der Waals surface area contributed by atoms with Crippen LogP contribution >= 0.6 is 0 Å². The number of benzene rings is 1. The lowest BCUT2D eigenvalue weighted by atomic mass is 9.97. The molecule has 0 fully saturated rings. The Hall–Kier alpha value is -1.91. The molecule has 0 saturated heterocycles. The molecule has 1 rings (SSSR count). The van der Waals surface area contributed by atoms with Crippen LogP contribution in [-0.2, 0) is 16.0 Å². The summed E-state index contributed by atoms with van der Waals surface area (Å²) in [6.45, 7) is 4.74. The molecule has 0 aliphatic heterocycles. The predicted molar refractivity (Wildman–Crippen MR) is 73.7 cm³/mol. The van der Waals surface area contributed by atoms with Gasteiger partial charge in [0.15, 0.2) is 0 Å². The van der Waals surface area contributed by atoms with Gasteiger partial charge in [0, 0.05) is 6.42 Å². The number of rotatable bonds is 6. The van der Waals surface area contributed by atoms with Crippen molar-refractivity contribution in [2.75, 3.05) is 0 Å². The van der Waals surface area contributed by atoms with E-state index in [2.05, 4.69) is 5.32 Å².